The molecule has 0 bridgehead atoms. The van der Waals surface area contributed by atoms with Gasteiger partial charge in [-0.15, -0.1) is 0 Å². The van der Waals surface area contributed by atoms with Gasteiger partial charge in [-0.1, -0.05) is 29.8 Å². The Bertz CT molecular complexity index is 1510. The van der Waals surface area contributed by atoms with Crippen LogP contribution in [0.4, 0.5) is 0 Å². The molecule has 4 aromatic rings. The zero-order chi connectivity index (χ0) is 24.1. The zero-order valence-electron chi connectivity index (χ0n) is 19.3. The average molecular weight is 493 g/mol. The molecule has 2 atom stereocenters. The first kappa shape index (κ1) is 22.1. The van der Waals surface area contributed by atoms with Crippen LogP contribution in [0.3, 0.4) is 0 Å². The molecule has 0 amide bonds. The summed E-state index contributed by atoms with van der Waals surface area (Å²) in [5, 5.41) is 12.2. The quantitative estimate of drug-likeness (QED) is 0.356. The lowest BCUT2D eigenvalue weighted by molar-refractivity contribution is -0.151. The van der Waals surface area contributed by atoms with Crippen LogP contribution in [0.15, 0.2) is 47.4 Å². The molecule has 6 rings (SSSR count). The highest BCUT2D eigenvalue weighted by atomic mass is 35.5. The van der Waals surface area contributed by atoms with E-state index in [-0.39, 0.29) is 23.5 Å². The number of esters is 1. The average Bonchev–Trinajstić information content (AvgIpc) is 3.59. The molecule has 0 saturated heterocycles. The fraction of sp³-hybridized carbons (Fsp3) is 0.385. The van der Waals surface area contributed by atoms with Crippen LogP contribution in [-0.2, 0) is 16.1 Å². The minimum atomic E-state index is -0.359. The number of aromatic nitrogens is 4. The first-order chi connectivity index (χ1) is 17.0. The molecule has 2 fully saturated rings. The van der Waals surface area contributed by atoms with Gasteiger partial charge in [0.2, 0.25) is 0 Å². The van der Waals surface area contributed by atoms with Crippen LogP contribution in [0.25, 0.3) is 21.7 Å². The van der Waals surface area contributed by atoms with E-state index in [9.17, 15) is 9.59 Å². The Morgan fingerprint density at radius 3 is 2.63 bits per heavy atom. The highest BCUT2D eigenvalue weighted by molar-refractivity contribution is 6.32. The van der Waals surface area contributed by atoms with Crippen molar-refractivity contribution in [3.05, 3.63) is 63.7 Å². The number of carbonyl (C=O) groups is 1. The van der Waals surface area contributed by atoms with Crippen LogP contribution in [0.5, 0.6) is 5.75 Å². The Morgan fingerprint density at radius 1 is 1.11 bits per heavy atom. The van der Waals surface area contributed by atoms with Gasteiger partial charge in [-0.2, -0.15) is 10.2 Å². The monoisotopic (exact) mass is 492 g/mol. The van der Waals surface area contributed by atoms with Crippen LogP contribution in [0, 0.1) is 11.8 Å². The molecule has 0 N–H and O–H groups in total. The fourth-order valence-corrected chi connectivity index (χ4v) is 4.94. The summed E-state index contributed by atoms with van der Waals surface area (Å²) in [6.07, 6.45) is 5.74. The number of nitrogens with zero attached hydrogens (tertiary/aromatic N) is 4. The fourth-order valence-electron chi connectivity index (χ4n) is 4.73. The number of carbonyl (C=O) groups excluding carboxylic acids is 1. The van der Waals surface area contributed by atoms with E-state index in [4.69, 9.17) is 26.2 Å². The van der Waals surface area contributed by atoms with E-state index in [0.717, 1.165) is 16.3 Å². The van der Waals surface area contributed by atoms with Gasteiger partial charge in [0.25, 0.3) is 5.56 Å². The minimum absolute atomic E-state index is 0.196. The summed E-state index contributed by atoms with van der Waals surface area (Å²) in [6, 6.07) is 10.9. The Balaban J connectivity index is 1.36. The standard InChI is InChI=1S/C26H25ClN4O4/c1-34-26(33)19-8-9-23(19)31-25(32)18-5-3-2-4-17(18)22(29-31)13-30-12-16-10-24(35-14-15-6-7-15)20(27)11-21(16)28-30/h2-5,10-12,15,19,23H,6-9,13-14H2,1H3. The van der Waals surface area contributed by atoms with E-state index in [0.29, 0.717) is 53.8 Å². The number of hydrogen-bond acceptors (Lipinski definition) is 6. The summed E-state index contributed by atoms with van der Waals surface area (Å²) < 4.78 is 14.1. The topological polar surface area (TPSA) is 88.2 Å². The number of halogens is 1. The van der Waals surface area contributed by atoms with Gasteiger partial charge in [-0.3, -0.25) is 14.3 Å². The first-order valence-corrected chi connectivity index (χ1v) is 12.3. The van der Waals surface area contributed by atoms with Gasteiger partial charge in [-0.05, 0) is 49.8 Å². The third-order valence-electron chi connectivity index (χ3n) is 7.05. The highest BCUT2D eigenvalue weighted by Crippen LogP contribution is 2.38. The summed E-state index contributed by atoms with van der Waals surface area (Å²) >= 11 is 6.44. The molecule has 2 saturated carbocycles. The molecular formula is C26H25ClN4O4. The van der Waals surface area contributed by atoms with Crippen molar-refractivity contribution in [2.45, 2.75) is 38.3 Å². The first-order valence-electron chi connectivity index (χ1n) is 11.9. The van der Waals surface area contributed by atoms with Crippen LogP contribution in [-0.4, -0.2) is 39.2 Å². The Labute approximate surface area is 206 Å². The maximum atomic E-state index is 13.3. The number of rotatable bonds is 7. The van der Waals surface area contributed by atoms with Crippen molar-refractivity contribution in [1.29, 1.82) is 0 Å². The second kappa shape index (κ2) is 8.68. The summed E-state index contributed by atoms with van der Waals surface area (Å²) in [6.45, 7) is 1.05. The van der Waals surface area contributed by atoms with Crippen LogP contribution in [0.1, 0.15) is 37.4 Å². The second-order valence-corrected chi connectivity index (χ2v) is 9.85. The molecule has 2 aliphatic carbocycles. The minimum Gasteiger partial charge on any atom is -0.492 e. The molecule has 2 aromatic carbocycles. The summed E-state index contributed by atoms with van der Waals surface area (Å²) in [5.41, 5.74) is 1.27. The lowest BCUT2D eigenvalue weighted by Crippen LogP contribution is -2.42. The van der Waals surface area contributed by atoms with Crippen molar-refractivity contribution in [3.63, 3.8) is 0 Å². The Hall–Kier alpha value is -3.39. The largest absolute Gasteiger partial charge is 0.492 e. The van der Waals surface area contributed by atoms with Gasteiger partial charge in [0.05, 0.1) is 53.8 Å². The summed E-state index contributed by atoms with van der Waals surface area (Å²) in [4.78, 5) is 25.4. The number of benzene rings is 2. The third-order valence-corrected chi connectivity index (χ3v) is 7.34. The molecule has 2 aliphatic rings. The molecule has 0 spiro atoms. The van der Waals surface area contributed by atoms with Crippen molar-refractivity contribution >= 4 is 39.2 Å². The van der Waals surface area contributed by atoms with Crippen LogP contribution >= 0.6 is 11.6 Å². The maximum Gasteiger partial charge on any atom is 0.310 e. The van der Waals surface area contributed by atoms with Crippen molar-refractivity contribution in [2.24, 2.45) is 11.8 Å². The lowest BCUT2D eigenvalue weighted by Gasteiger charge is -2.34. The van der Waals surface area contributed by atoms with Gasteiger partial charge >= 0.3 is 5.97 Å². The van der Waals surface area contributed by atoms with Crippen LogP contribution < -0.4 is 10.3 Å². The molecule has 2 heterocycles. The lowest BCUT2D eigenvalue weighted by atomic mass is 9.79. The Kier molecular flexibility index (Phi) is 5.48. The van der Waals surface area contributed by atoms with Gasteiger partial charge < -0.3 is 9.47 Å². The van der Waals surface area contributed by atoms with Crippen molar-refractivity contribution < 1.29 is 14.3 Å². The Morgan fingerprint density at radius 2 is 1.91 bits per heavy atom. The summed E-state index contributed by atoms with van der Waals surface area (Å²) in [5.74, 6) is 0.637. The molecule has 35 heavy (non-hydrogen) atoms. The van der Waals surface area contributed by atoms with E-state index in [1.807, 2.05) is 36.5 Å². The third kappa shape index (κ3) is 4.05. The smallest absolute Gasteiger partial charge is 0.310 e. The van der Waals surface area contributed by atoms with E-state index in [2.05, 4.69) is 5.10 Å². The number of methoxy groups -OCH3 is 1. The molecule has 0 aliphatic heterocycles. The predicted molar refractivity (Wildman–Crippen MR) is 132 cm³/mol. The number of ether oxygens (including phenoxy) is 2. The van der Waals surface area contributed by atoms with Crippen molar-refractivity contribution in [2.75, 3.05) is 13.7 Å². The van der Waals surface area contributed by atoms with Crippen molar-refractivity contribution in [3.8, 4) is 5.75 Å². The van der Waals surface area contributed by atoms with Crippen molar-refractivity contribution in [1.82, 2.24) is 19.6 Å². The molecular weight excluding hydrogens is 468 g/mol. The van der Waals surface area contributed by atoms with Gasteiger partial charge in [0.15, 0.2) is 0 Å². The van der Waals surface area contributed by atoms with E-state index in [1.54, 1.807) is 10.7 Å². The van der Waals surface area contributed by atoms with Gasteiger partial charge in [0, 0.05) is 17.0 Å². The molecule has 0 radical (unpaired) electrons. The van der Waals surface area contributed by atoms with E-state index < -0.39 is 0 Å². The number of fused-ring (bicyclic) bond motifs is 2. The predicted octanol–water partition coefficient (Wildman–Crippen LogP) is 4.36. The second-order valence-electron chi connectivity index (χ2n) is 9.44. The molecule has 9 heteroatoms. The molecule has 8 nitrogen and oxygen atoms in total. The zero-order valence-corrected chi connectivity index (χ0v) is 20.1. The van der Waals surface area contributed by atoms with E-state index in [1.165, 1.54) is 24.6 Å². The number of hydrogen-bond donors (Lipinski definition) is 0. The SMILES string of the molecule is COC(=O)C1CCC1n1nc(Cn2cc3cc(OCC4CC4)c(Cl)cc3n2)c2ccccc2c1=O. The molecule has 2 unspecified atom stereocenters. The van der Waals surface area contributed by atoms with Crippen LogP contribution in [0.2, 0.25) is 5.02 Å². The van der Waals surface area contributed by atoms with Gasteiger partial charge in [0.1, 0.15) is 5.75 Å². The summed E-state index contributed by atoms with van der Waals surface area (Å²) in [7, 11) is 1.37. The molecule has 180 valence electrons. The van der Waals surface area contributed by atoms with E-state index >= 15 is 0 Å². The normalized spacial score (nSPS) is 19.6. The maximum absolute atomic E-state index is 13.3. The van der Waals surface area contributed by atoms with Gasteiger partial charge in [-0.25, -0.2) is 4.68 Å². The molecule has 2 aromatic heterocycles. The highest BCUT2D eigenvalue weighted by Gasteiger charge is 2.40.